The molecule has 4 heteroatoms. The van der Waals surface area contributed by atoms with Crippen LogP contribution in [0.4, 0.5) is 0 Å². The van der Waals surface area contributed by atoms with Crippen LogP contribution >= 0.6 is 0 Å². The van der Waals surface area contributed by atoms with E-state index in [4.69, 9.17) is 20.4 Å². The minimum atomic E-state index is 0.0880. The molecule has 2 rings (SSSR count). The molecule has 0 aromatic heterocycles. The summed E-state index contributed by atoms with van der Waals surface area (Å²) in [6.07, 6.45) is 1.25. The first kappa shape index (κ1) is 16.6. The van der Waals surface area contributed by atoms with E-state index in [1.54, 1.807) is 12.1 Å². The fraction of sp³-hybridized carbons (Fsp3) is 0.200. The van der Waals surface area contributed by atoms with Gasteiger partial charge in [0, 0.05) is 12.1 Å². The number of phenols is 4. The minimum Gasteiger partial charge on any atom is -0.508 e. The molecular formula is C15H20O4. The van der Waals surface area contributed by atoms with Gasteiger partial charge in [-0.3, -0.25) is 0 Å². The van der Waals surface area contributed by atoms with E-state index in [0.717, 1.165) is 0 Å². The molecule has 2 aromatic rings. The Labute approximate surface area is 113 Å². The molecule has 19 heavy (non-hydrogen) atoms. The molecule has 0 amide bonds. The number of hydrogen-bond acceptors (Lipinski definition) is 4. The molecule has 0 saturated carbocycles. The molecule has 2 aromatic carbocycles. The zero-order chi connectivity index (χ0) is 14.7. The highest BCUT2D eigenvalue weighted by Crippen LogP contribution is 2.15. The first-order valence-corrected chi connectivity index (χ1v) is 5.95. The summed E-state index contributed by atoms with van der Waals surface area (Å²) in [4.78, 5) is 0. The average molecular weight is 264 g/mol. The van der Waals surface area contributed by atoms with Gasteiger partial charge in [0.05, 0.1) is 0 Å². The van der Waals surface area contributed by atoms with Gasteiger partial charge in [-0.25, -0.2) is 0 Å². The fourth-order valence-electron chi connectivity index (χ4n) is 0.986. The van der Waals surface area contributed by atoms with Crippen LogP contribution in [-0.2, 0) is 0 Å². The van der Waals surface area contributed by atoms with E-state index in [0.29, 0.717) is 0 Å². The Hall–Kier alpha value is -2.36. The first-order valence-electron chi connectivity index (χ1n) is 5.95. The predicted molar refractivity (Wildman–Crippen MR) is 75.5 cm³/mol. The second kappa shape index (κ2) is 9.65. The van der Waals surface area contributed by atoms with Crippen LogP contribution in [0.5, 0.6) is 23.0 Å². The lowest BCUT2D eigenvalue weighted by Gasteiger charge is -1.89. The monoisotopic (exact) mass is 264 g/mol. The van der Waals surface area contributed by atoms with Crippen LogP contribution in [-0.4, -0.2) is 20.4 Å². The van der Waals surface area contributed by atoms with E-state index >= 15 is 0 Å². The fourth-order valence-corrected chi connectivity index (χ4v) is 0.986. The van der Waals surface area contributed by atoms with Gasteiger partial charge in [-0.2, -0.15) is 0 Å². The van der Waals surface area contributed by atoms with E-state index < -0.39 is 0 Å². The molecule has 4 nitrogen and oxygen atoms in total. The smallest absolute Gasteiger partial charge is 0.119 e. The first-order chi connectivity index (χ1) is 8.99. The van der Waals surface area contributed by atoms with Crippen molar-refractivity contribution in [1.82, 2.24) is 0 Å². The molecule has 0 radical (unpaired) electrons. The Morgan fingerprint density at radius 2 is 0.842 bits per heavy atom. The van der Waals surface area contributed by atoms with Crippen molar-refractivity contribution in [3.05, 3.63) is 48.5 Å². The summed E-state index contributed by atoms with van der Waals surface area (Å²) in [5, 5.41) is 34.6. The van der Waals surface area contributed by atoms with Crippen molar-refractivity contribution < 1.29 is 20.4 Å². The third-order valence-electron chi connectivity index (χ3n) is 1.66. The molecule has 104 valence electrons. The van der Waals surface area contributed by atoms with Gasteiger partial charge in [-0.15, -0.1) is 0 Å². The van der Waals surface area contributed by atoms with E-state index in [-0.39, 0.29) is 23.0 Å². The van der Waals surface area contributed by atoms with Gasteiger partial charge < -0.3 is 20.4 Å². The largest absolute Gasteiger partial charge is 0.508 e. The number of phenolic OH excluding ortho intramolecular Hbond substituents is 4. The number of aromatic hydroxyl groups is 4. The van der Waals surface area contributed by atoms with Gasteiger partial charge in [-0.05, 0) is 24.3 Å². The van der Waals surface area contributed by atoms with Crippen LogP contribution in [0.2, 0.25) is 0 Å². The van der Waals surface area contributed by atoms with Gasteiger partial charge in [0.25, 0.3) is 0 Å². The molecular weight excluding hydrogens is 244 g/mol. The van der Waals surface area contributed by atoms with Crippen LogP contribution in [0.3, 0.4) is 0 Å². The molecule has 0 spiro atoms. The molecule has 0 saturated heterocycles. The Balaban J connectivity index is 0.000000284. The Morgan fingerprint density at radius 3 is 0.947 bits per heavy atom. The molecule has 0 fully saturated rings. The van der Waals surface area contributed by atoms with Crippen molar-refractivity contribution in [2.45, 2.75) is 20.3 Å². The zero-order valence-electron chi connectivity index (χ0n) is 11.1. The van der Waals surface area contributed by atoms with Crippen molar-refractivity contribution >= 4 is 0 Å². The van der Waals surface area contributed by atoms with E-state index in [9.17, 15) is 0 Å². The second-order valence-electron chi connectivity index (χ2n) is 3.75. The second-order valence-corrected chi connectivity index (χ2v) is 3.75. The Bertz CT molecular complexity index is 391. The van der Waals surface area contributed by atoms with Gasteiger partial charge in [0.15, 0.2) is 0 Å². The summed E-state index contributed by atoms with van der Waals surface area (Å²) in [5.41, 5.74) is 0. The summed E-state index contributed by atoms with van der Waals surface area (Å²) in [6, 6.07) is 11.7. The van der Waals surface area contributed by atoms with Crippen LogP contribution < -0.4 is 0 Å². The Morgan fingerprint density at radius 1 is 0.632 bits per heavy atom. The lowest BCUT2D eigenvalue weighted by atomic mass is 10.3. The highest BCUT2D eigenvalue weighted by molar-refractivity contribution is 5.30. The maximum atomic E-state index is 8.65. The molecule has 0 aliphatic rings. The van der Waals surface area contributed by atoms with Crippen LogP contribution in [0.15, 0.2) is 48.5 Å². The van der Waals surface area contributed by atoms with Gasteiger partial charge in [-0.1, -0.05) is 32.4 Å². The molecule has 4 N–H and O–H groups in total. The lowest BCUT2D eigenvalue weighted by molar-refractivity contribution is 0.449. The topological polar surface area (TPSA) is 80.9 Å². The van der Waals surface area contributed by atoms with Gasteiger partial charge in [0.1, 0.15) is 23.0 Å². The SMILES string of the molecule is CCC.Oc1cccc(O)c1.Oc1cccc(O)c1. The van der Waals surface area contributed by atoms with Crippen molar-refractivity contribution in [1.29, 1.82) is 0 Å². The molecule has 0 aliphatic heterocycles. The summed E-state index contributed by atoms with van der Waals surface area (Å²) in [7, 11) is 0. The van der Waals surface area contributed by atoms with Crippen molar-refractivity contribution in [3.63, 3.8) is 0 Å². The Kier molecular flexibility index (Phi) is 8.45. The van der Waals surface area contributed by atoms with Gasteiger partial charge in [0.2, 0.25) is 0 Å². The number of benzene rings is 2. The summed E-state index contributed by atoms with van der Waals surface area (Å²) in [6.45, 7) is 4.25. The third-order valence-corrected chi connectivity index (χ3v) is 1.66. The summed E-state index contributed by atoms with van der Waals surface area (Å²) < 4.78 is 0. The highest BCUT2D eigenvalue weighted by atomic mass is 16.3. The van der Waals surface area contributed by atoms with Crippen molar-refractivity contribution in [3.8, 4) is 23.0 Å². The van der Waals surface area contributed by atoms with Crippen molar-refractivity contribution in [2.75, 3.05) is 0 Å². The summed E-state index contributed by atoms with van der Waals surface area (Å²) in [5.74, 6) is 0.352. The molecule has 0 atom stereocenters. The van der Waals surface area contributed by atoms with E-state index in [1.165, 1.54) is 42.8 Å². The predicted octanol–water partition coefficient (Wildman–Crippen LogP) is 3.61. The van der Waals surface area contributed by atoms with Crippen LogP contribution in [0, 0.1) is 0 Å². The summed E-state index contributed by atoms with van der Waals surface area (Å²) >= 11 is 0. The molecule has 0 aliphatic carbocycles. The molecule has 0 bridgehead atoms. The molecule has 0 unspecified atom stereocenters. The van der Waals surface area contributed by atoms with E-state index in [1.807, 2.05) is 0 Å². The normalized spacial score (nSPS) is 8.53. The van der Waals surface area contributed by atoms with Crippen LogP contribution in [0.1, 0.15) is 20.3 Å². The highest BCUT2D eigenvalue weighted by Gasteiger charge is 1.86. The molecule has 0 heterocycles. The minimum absolute atomic E-state index is 0.0880. The standard InChI is InChI=1S/2C6H6O2.C3H8/c2*7-5-2-1-3-6(8)4-5;1-3-2/h2*1-4,7-8H;3H2,1-2H3. The van der Waals surface area contributed by atoms with Crippen LogP contribution in [0.25, 0.3) is 0 Å². The zero-order valence-corrected chi connectivity index (χ0v) is 11.1. The number of rotatable bonds is 0. The number of hydrogen-bond donors (Lipinski definition) is 4. The third kappa shape index (κ3) is 9.35. The van der Waals surface area contributed by atoms with Gasteiger partial charge >= 0.3 is 0 Å². The lowest BCUT2D eigenvalue weighted by Crippen LogP contribution is -1.61. The maximum absolute atomic E-state index is 8.65. The van der Waals surface area contributed by atoms with E-state index in [2.05, 4.69) is 13.8 Å². The van der Waals surface area contributed by atoms with Crippen molar-refractivity contribution in [2.24, 2.45) is 0 Å². The maximum Gasteiger partial charge on any atom is 0.119 e. The quantitative estimate of drug-likeness (QED) is 0.586. The average Bonchev–Trinajstić information content (AvgIpc) is 2.30.